The van der Waals surface area contributed by atoms with E-state index in [2.05, 4.69) is 50.0 Å². The third-order valence-corrected chi connectivity index (χ3v) is 9.41. The van der Waals surface area contributed by atoms with Crippen molar-refractivity contribution in [3.63, 3.8) is 0 Å². The van der Waals surface area contributed by atoms with E-state index in [1.807, 2.05) is 0 Å². The molecule has 0 unspecified atom stereocenters. The summed E-state index contributed by atoms with van der Waals surface area (Å²) in [5.74, 6) is 0. The molecule has 0 saturated carbocycles. The maximum Gasteiger partial charge on any atom is 0.0558 e. The predicted octanol–water partition coefficient (Wildman–Crippen LogP) is 13.5. The molecule has 0 amide bonds. The minimum atomic E-state index is 0.297. The van der Waals surface area contributed by atoms with Crippen LogP contribution in [0.2, 0.25) is 0 Å². The topological polar surface area (TPSA) is 23.5 Å². The number of allylic oxidation sites excluding steroid dienone is 4. The zero-order chi connectivity index (χ0) is 31.3. The fraction of sp³-hybridized carbons (Fsp3) is 0.902. The Bertz CT molecular complexity index is 514. The van der Waals surface area contributed by atoms with Gasteiger partial charge in [0.05, 0.1) is 6.61 Å². The first kappa shape index (κ1) is 42.4. The Morgan fingerprint density at radius 2 is 0.721 bits per heavy atom. The standard InChI is InChI=1S/C41H81NO/c1-4-7-9-11-13-15-17-19-21-23-25-27-29-31-33-35-37-41(42(6-3)39-40-43)38-36-34-32-30-28-26-24-22-20-18-16-14-12-10-8-5-2/h19-22,41,43H,4-18,23-40H2,1-3H3/b21-19-,22-20-. The lowest BCUT2D eigenvalue weighted by Gasteiger charge is -2.30. The number of rotatable bonds is 36. The molecule has 2 nitrogen and oxygen atoms in total. The lowest BCUT2D eigenvalue weighted by Crippen LogP contribution is -2.37. The number of aliphatic hydroxyl groups excluding tert-OH is 1. The number of aliphatic hydroxyl groups is 1. The van der Waals surface area contributed by atoms with Crippen LogP contribution in [0.15, 0.2) is 24.3 Å². The van der Waals surface area contributed by atoms with Crippen molar-refractivity contribution in [1.82, 2.24) is 4.90 Å². The van der Waals surface area contributed by atoms with Crippen molar-refractivity contribution in [1.29, 1.82) is 0 Å². The van der Waals surface area contributed by atoms with Gasteiger partial charge in [0.1, 0.15) is 0 Å². The van der Waals surface area contributed by atoms with E-state index in [1.54, 1.807) is 0 Å². The highest BCUT2D eigenvalue weighted by atomic mass is 16.3. The van der Waals surface area contributed by atoms with Gasteiger partial charge in [-0.25, -0.2) is 0 Å². The van der Waals surface area contributed by atoms with E-state index in [9.17, 15) is 5.11 Å². The van der Waals surface area contributed by atoms with Gasteiger partial charge in [-0.05, 0) is 70.8 Å². The second-order valence-electron chi connectivity index (χ2n) is 13.5. The Labute approximate surface area is 273 Å². The molecule has 1 N–H and O–H groups in total. The van der Waals surface area contributed by atoms with Crippen molar-refractivity contribution in [2.24, 2.45) is 0 Å². The molecule has 0 aromatic carbocycles. The van der Waals surface area contributed by atoms with Gasteiger partial charge in [0.25, 0.3) is 0 Å². The Kier molecular flexibility index (Phi) is 37.1. The van der Waals surface area contributed by atoms with Crippen LogP contribution in [0.3, 0.4) is 0 Å². The normalized spacial score (nSPS) is 12.2. The van der Waals surface area contributed by atoms with Gasteiger partial charge in [-0.1, -0.05) is 173 Å². The first-order chi connectivity index (χ1) is 21.3. The summed E-state index contributed by atoms with van der Waals surface area (Å²) in [6.07, 6.45) is 50.9. The Morgan fingerprint density at radius 1 is 0.419 bits per heavy atom. The maximum absolute atomic E-state index is 9.59. The molecule has 0 heterocycles. The Balaban J connectivity index is 3.78. The van der Waals surface area contributed by atoms with Crippen LogP contribution in [0.1, 0.15) is 213 Å². The fourth-order valence-corrected chi connectivity index (χ4v) is 6.49. The molecule has 0 aliphatic carbocycles. The third-order valence-electron chi connectivity index (χ3n) is 9.41. The molecule has 0 radical (unpaired) electrons. The number of hydrogen-bond donors (Lipinski definition) is 1. The monoisotopic (exact) mass is 604 g/mol. The first-order valence-corrected chi connectivity index (χ1v) is 19.9. The highest BCUT2D eigenvalue weighted by Crippen LogP contribution is 2.19. The molecule has 0 aliphatic rings. The van der Waals surface area contributed by atoms with Crippen LogP contribution in [0.25, 0.3) is 0 Å². The van der Waals surface area contributed by atoms with Crippen molar-refractivity contribution in [2.45, 2.75) is 219 Å². The lowest BCUT2D eigenvalue weighted by molar-refractivity contribution is 0.140. The highest BCUT2D eigenvalue weighted by Gasteiger charge is 2.16. The summed E-state index contributed by atoms with van der Waals surface area (Å²) in [6.45, 7) is 9.07. The molecule has 0 atom stereocenters. The van der Waals surface area contributed by atoms with E-state index < -0.39 is 0 Å². The van der Waals surface area contributed by atoms with Gasteiger partial charge in [-0.3, -0.25) is 4.90 Å². The van der Waals surface area contributed by atoms with Gasteiger partial charge >= 0.3 is 0 Å². The fourth-order valence-electron chi connectivity index (χ4n) is 6.49. The van der Waals surface area contributed by atoms with E-state index in [1.165, 1.54) is 193 Å². The van der Waals surface area contributed by atoms with E-state index in [4.69, 9.17) is 0 Å². The second kappa shape index (κ2) is 37.6. The molecule has 256 valence electrons. The van der Waals surface area contributed by atoms with Crippen LogP contribution in [-0.4, -0.2) is 35.7 Å². The summed E-state index contributed by atoms with van der Waals surface area (Å²) in [5, 5.41) is 9.59. The third kappa shape index (κ3) is 32.6. The molecule has 2 heteroatoms. The SMILES string of the molecule is CCCCCCCC/C=C\CCCCCCCCC(CCCCCCCC/C=C\CCCCCCCC)N(CC)CCO. The smallest absolute Gasteiger partial charge is 0.0558 e. The average molecular weight is 604 g/mol. The van der Waals surface area contributed by atoms with Crippen LogP contribution in [0, 0.1) is 0 Å². The molecule has 43 heavy (non-hydrogen) atoms. The zero-order valence-corrected chi connectivity index (χ0v) is 30.1. The summed E-state index contributed by atoms with van der Waals surface area (Å²) in [4.78, 5) is 2.55. The van der Waals surface area contributed by atoms with Crippen molar-refractivity contribution >= 4 is 0 Å². The number of unbranched alkanes of at least 4 members (excludes halogenated alkanes) is 24. The molecule has 0 saturated heterocycles. The quantitative estimate of drug-likeness (QED) is 0.0569. The molecule has 0 aliphatic heterocycles. The van der Waals surface area contributed by atoms with Gasteiger partial charge in [0.2, 0.25) is 0 Å². The molecule has 0 bridgehead atoms. The van der Waals surface area contributed by atoms with Crippen LogP contribution in [0.5, 0.6) is 0 Å². The summed E-state index contributed by atoms with van der Waals surface area (Å²) < 4.78 is 0. The van der Waals surface area contributed by atoms with Gasteiger partial charge < -0.3 is 5.11 Å². The first-order valence-electron chi connectivity index (χ1n) is 19.9. The largest absolute Gasteiger partial charge is 0.395 e. The molecular weight excluding hydrogens is 522 g/mol. The number of hydrogen-bond acceptors (Lipinski definition) is 2. The van der Waals surface area contributed by atoms with Gasteiger partial charge in [-0.2, -0.15) is 0 Å². The van der Waals surface area contributed by atoms with Gasteiger partial charge in [0.15, 0.2) is 0 Å². The van der Waals surface area contributed by atoms with Crippen LogP contribution >= 0.6 is 0 Å². The summed E-state index contributed by atoms with van der Waals surface area (Å²) >= 11 is 0. The van der Waals surface area contributed by atoms with Crippen LogP contribution in [0.4, 0.5) is 0 Å². The van der Waals surface area contributed by atoms with Crippen molar-refractivity contribution in [3.05, 3.63) is 24.3 Å². The molecule has 0 aromatic heterocycles. The Hall–Kier alpha value is -0.600. The van der Waals surface area contributed by atoms with Crippen molar-refractivity contribution in [2.75, 3.05) is 19.7 Å². The van der Waals surface area contributed by atoms with Crippen LogP contribution in [-0.2, 0) is 0 Å². The summed E-state index contributed by atoms with van der Waals surface area (Å²) in [5.41, 5.74) is 0. The van der Waals surface area contributed by atoms with Crippen LogP contribution < -0.4 is 0 Å². The molecule has 0 aromatic rings. The van der Waals surface area contributed by atoms with Gasteiger partial charge in [-0.15, -0.1) is 0 Å². The van der Waals surface area contributed by atoms with E-state index >= 15 is 0 Å². The average Bonchev–Trinajstić information content (AvgIpc) is 3.02. The minimum absolute atomic E-state index is 0.297. The molecule has 0 spiro atoms. The molecule has 0 fully saturated rings. The van der Waals surface area contributed by atoms with E-state index in [-0.39, 0.29) is 0 Å². The zero-order valence-electron chi connectivity index (χ0n) is 30.1. The lowest BCUT2D eigenvalue weighted by atomic mass is 9.98. The minimum Gasteiger partial charge on any atom is -0.395 e. The van der Waals surface area contributed by atoms with E-state index in [0.717, 1.165) is 13.1 Å². The van der Waals surface area contributed by atoms with Crippen molar-refractivity contribution in [3.8, 4) is 0 Å². The maximum atomic E-state index is 9.59. The number of nitrogens with zero attached hydrogens (tertiary/aromatic N) is 1. The molecule has 0 rings (SSSR count). The number of likely N-dealkylation sites (N-methyl/N-ethyl adjacent to an activating group) is 1. The second-order valence-corrected chi connectivity index (χ2v) is 13.5. The van der Waals surface area contributed by atoms with Crippen molar-refractivity contribution < 1.29 is 5.11 Å². The predicted molar refractivity (Wildman–Crippen MR) is 196 cm³/mol. The Morgan fingerprint density at radius 3 is 1.02 bits per heavy atom. The van der Waals surface area contributed by atoms with E-state index in [0.29, 0.717) is 12.6 Å². The van der Waals surface area contributed by atoms with Gasteiger partial charge in [0, 0.05) is 12.6 Å². The highest BCUT2D eigenvalue weighted by molar-refractivity contribution is 4.82. The molecular formula is C41H81NO. The summed E-state index contributed by atoms with van der Waals surface area (Å²) in [6, 6.07) is 0.672. The summed E-state index contributed by atoms with van der Waals surface area (Å²) in [7, 11) is 0.